The van der Waals surface area contributed by atoms with E-state index in [2.05, 4.69) is 29.0 Å². The zero-order valence-electron chi connectivity index (χ0n) is 23.4. The molecule has 11 heteroatoms. The van der Waals surface area contributed by atoms with Crippen LogP contribution >= 0.6 is 0 Å². The quantitative estimate of drug-likeness (QED) is 0.328. The Morgan fingerprint density at radius 2 is 1.82 bits per heavy atom. The van der Waals surface area contributed by atoms with E-state index >= 15 is 8.78 Å². The number of carbonyl (C=O) groups excluding carboxylic acids is 1. The summed E-state index contributed by atoms with van der Waals surface area (Å²) in [6.07, 6.45) is 7.21. The zero-order valence-corrected chi connectivity index (χ0v) is 23.4. The number of ether oxygens (including phenoxy) is 2. The molecule has 1 aromatic carbocycles. The van der Waals surface area contributed by atoms with Crippen molar-refractivity contribution in [2.45, 2.75) is 71.9 Å². The SMILES string of the molecule is CCOc1cc(OC)c(F)c(N2Cc3cnc(NCCCCN(CC)CC)nc3N(C3CCCC3)C2=O)c1F. The fourth-order valence-corrected chi connectivity index (χ4v) is 5.35. The average Bonchev–Trinajstić information content (AvgIpc) is 3.47. The number of nitrogens with zero attached hydrogens (tertiary/aromatic N) is 5. The van der Waals surface area contributed by atoms with Crippen molar-refractivity contribution < 1.29 is 23.0 Å². The first-order chi connectivity index (χ1) is 18.9. The predicted molar refractivity (Wildman–Crippen MR) is 148 cm³/mol. The van der Waals surface area contributed by atoms with Crippen LogP contribution in [0.5, 0.6) is 11.5 Å². The smallest absolute Gasteiger partial charge is 0.330 e. The molecule has 1 saturated carbocycles. The molecule has 214 valence electrons. The third-order valence-corrected chi connectivity index (χ3v) is 7.50. The lowest BCUT2D eigenvalue weighted by molar-refractivity contribution is 0.246. The second-order valence-electron chi connectivity index (χ2n) is 9.87. The van der Waals surface area contributed by atoms with E-state index < -0.39 is 23.4 Å². The number of fused-ring (bicyclic) bond motifs is 1. The number of nitrogens with one attached hydrogen (secondary N) is 1. The van der Waals surface area contributed by atoms with Crippen LogP contribution in [0.1, 0.15) is 64.9 Å². The van der Waals surface area contributed by atoms with Gasteiger partial charge in [-0.1, -0.05) is 26.7 Å². The molecule has 1 aliphatic carbocycles. The fraction of sp³-hybridized carbons (Fsp3) is 0.607. The summed E-state index contributed by atoms with van der Waals surface area (Å²) >= 11 is 0. The molecule has 2 heterocycles. The first-order valence-electron chi connectivity index (χ1n) is 14.0. The van der Waals surface area contributed by atoms with Gasteiger partial charge in [0, 0.05) is 30.4 Å². The number of benzene rings is 1. The zero-order chi connectivity index (χ0) is 27.9. The molecule has 39 heavy (non-hydrogen) atoms. The predicted octanol–water partition coefficient (Wildman–Crippen LogP) is 5.59. The van der Waals surface area contributed by atoms with E-state index in [9.17, 15) is 4.79 Å². The molecule has 1 aliphatic heterocycles. The first-order valence-corrected chi connectivity index (χ1v) is 14.0. The largest absolute Gasteiger partial charge is 0.493 e. The van der Waals surface area contributed by atoms with E-state index in [1.54, 1.807) is 18.0 Å². The van der Waals surface area contributed by atoms with Crippen molar-refractivity contribution in [3.63, 3.8) is 0 Å². The Labute approximate surface area is 229 Å². The highest BCUT2D eigenvalue weighted by Crippen LogP contribution is 2.42. The van der Waals surface area contributed by atoms with Crippen molar-refractivity contribution in [2.24, 2.45) is 0 Å². The molecule has 1 fully saturated rings. The molecule has 1 N–H and O–H groups in total. The highest BCUT2D eigenvalue weighted by Gasteiger charge is 2.41. The van der Waals surface area contributed by atoms with Gasteiger partial charge in [0.15, 0.2) is 23.1 Å². The Morgan fingerprint density at radius 3 is 2.49 bits per heavy atom. The van der Waals surface area contributed by atoms with E-state index in [1.807, 2.05) is 0 Å². The molecule has 0 atom stereocenters. The Hall–Kier alpha value is -3.21. The van der Waals surface area contributed by atoms with Gasteiger partial charge >= 0.3 is 6.03 Å². The van der Waals surface area contributed by atoms with Gasteiger partial charge in [0.05, 0.1) is 20.3 Å². The number of carbonyl (C=O) groups is 1. The molecule has 9 nitrogen and oxygen atoms in total. The third kappa shape index (κ3) is 6.18. The minimum absolute atomic E-state index is 0.0753. The summed E-state index contributed by atoms with van der Waals surface area (Å²) in [4.78, 5) is 28.2. The lowest BCUT2D eigenvalue weighted by atomic mass is 10.1. The minimum Gasteiger partial charge on any atom is -0.493 e. The van der Waals surface area contributed by atoms with Crippen LogP contribution in [0.25, 0.3) is 0 Å². The first kappa shape index (κ1) is 28.8. The van der Waals surface area contributed by atoms with Gasteiger partial charge in [-0.15, -0.1) is 0 Å². The summed E-state index contributed by atoms with van der Waals surface area (Å²) in [7, 11) is 1.29. The maximum Gasteiger partial charge on any atom is 0.330 e. The van der Waals surface area contributed by atoms with Crippen LogP contribution in [0.15, 0.2) is 12.3 Å². The van der Waals surface area contributed by atoms with Crippen LogP contribution in [-0.4, -0.2) is 66.8 Å². The van der Waals surface area contributed by atoms with Crippen LogP contribution in [-0.2, 0) is 6.54 Å². The number of aromatic nitrogens is 2. The molecule has 2 aromatic rings. The molecule has 0 unspecified atom stereocenters. The number of hydrogen-bond acceptors (Lipinski definition) is 7. The Kier molecular flexibility index (Phi) is 9.77. The van der Waals surface area contributed by atoms with Crippen LogP contribution < -0.4 is 24.6 Å². The Balaban J connectivity index is 1.62. The molecule has 2 amide bonds. The van der Waals surface area contributed by atoms with Crippen LogP contribution in [0.2, 0.25) is 0 Å². The van der Waals surface area contributed by atoms with Gasteiger partial charge in [0.25, 0.3) is 0 Å². The second-order valence-corrected chi connectivity index (χ2v) is 9.87. The van der Waals surface area contributed by atoms with Gasteiger partial charge in [-0.2, -0.15) is 4.98 Å². The highest BCUT2D eigenvalue weighted by atomic mass is 19.1. The van der Waals surface area contributed by atoms with Crippen molar-refractivity contribution >= 4 is 23.5 Å². The molecule has 0 bridgehead atoms. The van der Waals surface area contributed by atoms with Gasteiger partial charge in [0.1, 0.15) is 11.5 Å². The summed E-state index contributed by atoms with van der Waals surface area (Å²) in [6.45, 7) is 9.96. The Morgan fingerprint density at radius 1 is 1.10 bits per heavy atom. The van der Waals surface area contributed by atoms with Crippen LogP contribution in [0, 0.1) is 11.6 Å². The maximum absolute atomic E-state index is 15.6. The van der Waals surface area contributed by atoms with Crippen molar-refractivity contribution in [1.29, 1.82) is 0 Å². The summed E-state index contributed by atoms with van der Waals surface area (Å²) < 4.78 is 41.6. The van der Waals surface area contributed by atoms with Gasteiger partial charge < -0.3 is 19.7 Å². The molecule has 0 spiro atoms. The van der Waals surface area contributed by atoms with Gasteiger partial charge in [-0.25, -0.2) is 18.6 Å². The monoisotopic (exact) mass is 546 g/mol. The number of rotatable bonds is 13. The lowest BCUT2D eigenvalue weighted by Crippen LogP contribution is -2.52. The van der Waals surface area contributed by atoms with Gasteiger partial charge in [-0.05, 0) is 52.2 Å². The number of unbranched alkanes of at least 4 members (excludes halogenated alkanes) is 1. The second kappa shape index (κ2) is 13.2. The fourth-order valence-electron chi connectivity index (χ4n) is 5.35. The standard InChI is InChI=1S/C28H40F2N6O3/c1-5-34(6-2)15-11-10-14-31-27-32-17-19-18-35(28(37)36(26(19)33-27)20-12-8-9-13-20)25-23(29)21(38-4)16-22(24(25)30)39-7-3/h16-17,20H,5-15,18H2,1-4H3,(H,31,32,33). The molecular formula is C28H40F2N6O3. The Bertz CT molecular complexity index is 1140. The molecular weight excluding hydrogens is 506 g/mol. The molecule has 2 aliphatic rings. The van der Waals surface area contributed by atoms with E-state index in [1.165, 1.54) is 7.11 Å². The van der Waals surface area contributed by atoms with Crippen molar-refractivity contribution in [2.75, 3.05) is 55.0 Å². The van der Waals surface area contributed by atoms with Crippen LogP contribution in [0.3, 0.4) is 0 Å². The number of anilines is 3. The topological polar surface area (TPSA) is 83.1 Å². The third-order valence-electron chi connectivity index (χ3n) is 7.50. The summed E-state index contributed by atoms with van der Waals surface area (Å²) in [6, 6.07) is 0.531. The molecule has 1 aromatic heterocycles. The number of urea groups is 1. The van der Waals surface area contributed by atoms with E-state index in [0.29, 0.717) is 23.9 Å². The summed E-state index contributed by atoms with van der Waals surface area (Å²) in [5.41, 5.74) is 0.125. The average molecular weight is 547 g/mol. The number of methoxy groups -OCH3 is 1. The van der Waals surface area contributed by atoms with Crippen molar-refractivity contribution in [3.05, 3.63) is 29.5 Å². The minimum atomic E-state index is -0.953. The van der Waals surface area contributed by atoms with E-state index in [4.69, 9.17) is 14.5 Å². The van der Waals surface area contributed by atoms with Gasteiger partial charge in [-0.3, -0.25) is 9.80 Å². The molecule has 0 radical (unpaired) electrons. The normalized spacial score (nSPS) is 15.7. The lowest BCUT2D eigenvalue weighted by Gasteiger charge is -2.39. The summed E-state index contributed by atoms with van der Waals surface area (Å²) in [5.74, 6) is -1.32. The number of amides is 2. The number of hydrogen-bond donors (Lipinski definition) is 1. The maximum atomic E-state index is 15.6. The van der Waals surface area contributed by atoms with Crippen molar-refractivity contribution in [3.8, 4) is 11.5 Å². The van der Waals surface area contributed by atoms with E-state index in [0.717, 1.165) is 69.1 Å². The molecule has 0 saturated heterocycles. The van der Waals surface area contributed by atoms with Crippen molar-refractivity contribution in [1.82, 2.24) is 14.9 Å². The molecule has 4 rings (SSSR count). The summed E-state index contributed by atoms with van der Waals surface area (Å²) in [5, 5.41) is 3.28. The van der Waals surface area contributed by atoms with Gasteiger partial charge in [0.2, 0.25) is 5.95 Å². The highest BCUT2D eigenvalue weighted by molar-refractivity contribution is 6.06. The van der Waals surface area contributed by atoms with E-state index in [-0.39, 0.29) is 30.7 Å². The number of halogens is 2. The van der Waals surface area contributed by atoms with Crippen LogP contribution in [0.4, 0.5) is 31.0 Å².